The van der Waals surface area contributed by atoms with E-state index in [-0.39, 0.29) is 11.6 Å². The summed E-state index contributed by atoms with van der Waals surface area (Å²) in [7, 11) is 2.34. The van der Waals surface area contributed by atoms with E-state index in [0.29, 0.717) is 11.6 Å². The molecule has 0 atom stereocenters. The molecule has 0 spiro atoms. The van der Waals surface area contributed by atoms with E-state index < -0.39 is 0 Å². The number of rotatable bonds is 4. The maximum absolute atomic E-state index is 13.1. The molecule has 2 aromatic carbocycles. The summed E-state index contributed by atoms with van der Waals surface area (Å²) in [5, 5.41) is 3.18. The summed E-state index contributed by atoms with van der Waals surface area (Å²) in [6.45, 7) is 0. The molecule has 0 unspecified atom stereocenters. The van der Waals surface area contributed by atoms with Gasteiger partial charge in [-0.2, -0.15) is 0 Å². The highest BCUT2D eigenvalue weighted by Gasteiger charge is 2.05. The van der Waals surface area contributed by atoms with Crippen LogP contribution in [0.4, 0.5) is 20.4 Å². The summed E-state index contributed by atoms with van der Waals surface area (Å²) in [5.74, 6) is 0.686. The van der Waals surface area contributed by atoms with Crippen molar-refractivity contribution < 1.29 is 8.78 Å². The monoisotopic (exact) mass is 487 g/mol. The highest BCUT2D eigenvalue weighted by molar-refractivity contribution is 8.51. The molecule has 156 valence electrons. The Kier molecular flexibility index (Phi) is 8.60. The number of nitrogens with one attached hydrogen (secondary N) is 1. The molecule has 2 aromatic heterocycles. The average Bonchev–Trinajstić information content (AvgIpc) is 2.80. The molecule has 0 aliphatic heterocycles. The first-order valence-corrected chi connectivity index (χ1v) is 12.9. The third-order valence-corrected chi connectivity index (χ3v) is 6.28. The molecule has 0 amide bonds. The van der Waals surface area contributed by atoms with Crippen LogP contribution in [0.2, 0.25) is 0 Å². The number of halogens is 2. The quantitative estimate of drug-likeness (QED) is 0.393. The highest BCUT2D eigenvalue weighted by atomic mass is 33.2. The Morgan fingerprint density at radius 3 is 1.32 bits per heavy atom. The summed E-state index contributed by atoms with van der Waals surface area (Å²) in [6, 6.07) is 23.5. The second kappa shape index (κ2) is 11.6. The van der Waals surface area contributed by atoms with E-state index in [1.807, 2.05) is 36.4 Å². The van der Waals surface area contributed by atoms with E-state index in [0.717, 1.165) is 22.5 Å². The van der Waals surface area contributed by atoms with Gasteiger partial charge in [0, 0.05) is 51.3 Å². The van der Waals surface area contributed by atoms with Crippen LogP contribution >= 0.6 is 0 Å². The Bertz CT molecular complexity index is 1140. The molecule has 0 aliphatic rings. The topological polar surface area (TPSA) is 37.8 Å². The third-order valence-electron chi connectivity index (χ3n) is 4.06. The number of nitrogens with zero attached hydrogens (tertiary/aromatic N) is 2. The molecule has 0 fully saturated rings. The molecule has 4 aromatic rings. The zero-order valence-corrected chi connectivity index (χ0v) is 19.1. The number of pyridine rings is 2. The van der Waals surface area contributed by atoms with Crippen LogP contribution in [0, 0.1) is 11.6 Å². The lowest BCUT2D eigenvalue weighted by Crippen LogP contribution is -1.98. The van der Waals surface area contributed by atoms with Gasteiger partial charge >= 0.3 is 0 Å². The van der Waals surface area contributed by atoms with Crippen molar-refractivity contribution in [3.8, 4) is 22.5 Å². The van der Waals surface area contributed by atoms with Crippen molar-refractivity contribution >= 4 is 51.8 Å². The molecule has 4 rings (SSSR count). The smallest absolute Gasteiger partial charge is 0.132 e. The minimum absolute atomic E-state index is 0.283. The standard InChI is InChI=1S/C22H15F2N3.S4/c23-17-11-7-15(8-12-17)19-3-1-5-21(25-19)27-22-6-2-4-20(26-22)16-9-13-18(24)14-10-16;1-3-4-2/h1-14H,(H,25,26,27);. The average molecular weight is 488 g/mol. The molecule has 9 heteroatoms. The molecule has 0 saturated heterocycles. The molecule has 2 heterocycles. The van der Waals surface area contributed by atoms with Gasteiger partial charge in [0.1, 0.15) is 23.3 Å². The molecule has 0 aliphatic carbocycles. The van der Waals surface area contributed by atoms with Crippen LogP contribution < -0.4 is 5.32 Å². The van der Waals surface area contributed by atoms with Crippen LogP contribution in [0.25, 0.3) is 22.5 Å². The lowest BCUT2D eigenvalue weighted by molar-refractivity contribution is 0.627. The first kappa shape index (κ1) is 23.0. The molecule has 3 nitrogen and oxygen atoms in total. The maximum atomic E-state index is 13.1. The highest BCUT2D eigenvalue weighted by Crippen LogP contribution is 2.23. The van der Waals surface area contributed by atoms with E-state index in [1.165, 1.54) is 42.0 Å². The Morgan fingerprint density at radius 2 is 0.968 bits per heavy atom. The molecule has 31 heavy (non-hydrogen) atoms. The largest absolute Gasteiger partial charge is 0.325 e. The molecule has 0 bridgehead atoms. The lowest BCUT2D eigenvalue weighted by Gasteiger charge is -2.09. The Morgan fingerprint density at radius 1 is 0.581 bits per heavy atom. The van der Waals surface area contributed by atoms with E-state index in [2.05, 4.69) is 37.7 Å². The predicted octanol–water partition coefficient (Wildman–Crippen LogP) is 5.82. The fourth-order valence-electron chi connectivity index (χ4n) is 2.70. The summed E-state index contributed by atoms with van der Waals surface area (Å²) in [5.41, 5.74) is 3.12. The zero-order valence-electron chi connectivity index (χ0n) is 15.9. The van der Waals surface area contributed by atoms with Gasteiger partial charge in [-0.1, -0.05) is 12.1 Å². The fraction of sp³-hybridized carbons (Fsp3) is 0. The maximum Gasteiger partial charge on any atom is 0.132 e. The number of anilines is 2. The van der Waals surface area contributed by atoms with Crippen LogP contribution in [-0.2, 0) is 40.1 Å². The van der Waals surface area contributed by atoms with Crippen LogP contribution in [0.3, 0.4) is 0 Å². The van der Waals surface area contributed by atoms with Gasteiger partial charge in [-0.15, -0.1) is 0 Å². The van der Waals surface area contributed by atoms with Gasteiger partial charge in [-0.3, -0.25) is 0 Å². The van der Waals surface area contributed by atoms with Crippen LogP contribution in [0.5, 0.6) is 0 Å². The summed E-state index contributed by atoms with van der Waals surface area (Å²) < 4.78 is 26.2. The molecular weight excluding hydrogens is 473 g/mol. The Hall–Kier alpha value is -2.72. The van der Waals surface area contributed by atoms with Gasteiger partial charge in [-0.25, -0.2) is 18.7 Å². The lowest BCUT2D eigenvalue weighted by atomic mass is 10.1. The Labute approximate surface area is 194 Å². The van der Waals surface area contributed by atoms with Gasteiger partial charge in [0.25, 0.3) is 0 Å². The normalized spacial score (nSPS) is 9.87. The van der Waals surface area contributed by atoms with E-state index in [9.17, 15) is 8.78 Å². The summed E-state index contributed by atoms with van der Waals surface area (Å²) in [4.78, 5) is 9.12. The van der Waals surface area contributed by atoms with E-state index in [4.69, 9.17) is 0 Å². The summed E-state index contributed by atoms with van der Waals surface area (Å²) >= 11 is 8.66. The van der Waals surface area contributed by atoms with Crippen molar-refractivity contribution in [3.05, 3.63) is 96.6 Å². The number of benzene rings is 2. The number of hydrogen-bond acceptors (Lipinski definition) is 5. The van der Waals surface area contributed by atoms with Crippen LogP contribution in [0.1, 0.15) is 0 Å². The van der Waals surface area contributed by atoms with Crippen LogP contribution in [0.15, 0.2) is 84.9 Å². The first-order valence-electron chi connectivity index (χ1n) is 8.90. The van der Waals surface area contributed by atoms with Crippen molar-refractivity contribution in [2.45, 2.75) is 0 Å². The van der Waals surface area contributed by atoms with Gasteiger partial charge in [0.15, 0.2) is 0 Å². The molecule has 1 N–H and O–H groups in total. The van der Waals surface area contributed by atoms with E-state index in [1.54, 1.807) is 24.3 Å². The molecular formula is C22H15F2N3S4. The van der Waals surface area contributed by atoms with Gasteiger partial charge < -0.3 is 5.32 Å². The SMILES string of the molecule is Fc1ccc(-c2cccc(Nc3cccc(-c4ccc(F)cc4)n3)n2)cc1.S=S=S=S. The Balaban J connectivity index is 0.000000628. The van der Waals surface area contributed by atoms with E-state index >= 15 is 0 Å². The number of hydrogen-bond donors (Lipinski definition) is 1. The van der Waals surface area contributed by atoms with Crippen molar-refractivity contribution in [2.75, 3.05) is 5.32 Å². The minimum Gasteiger partial charge on any atom is -0.325 e. The molecule has 0 radical (unpaired) electrons. The second-order valence-corrected chi connectivity index (χ2v) is 9.63. The van der Waals surface area contributed by atoms with Crippen LogP contribution in [-0.4, -0.2) is 9.97 Å². The third kappa shape index (κ3) is 6.90. The second-order valence-electron chi connectivity index (χ2n) is 6.09. The molecule has 0 saturated carbocycles. The fourth-order valence-corrected chi connectivity index (χ4v) is 2.70. The number of aromatic nitrogens is 2. The van der Waals surface area contributed by atoms with Crippen molar-refractivity contribution in [1.29, 1.82) is 0 Å². The predicted molar refractivity (Wildman–Crippen MR) is 132 cm³/mol. The van der Waals surface area contributed by atoms with Gasteiger partial charge in [-0.05, 0) is 72.8 Å². The van der Waals surface area contributed by atoms with Crippen molar-refractivity contribution in [1.82, 2.24) is 9.97 Å². The zero-order chi connectivity index (χ0) is 22.1. The minimum atomic E-state index is -0.283. The van der Waals surface area contributed by atoms with Crippen molar-refractivity contribution in [3.63, 3.8) is 0 Å². The van der Waals surface area contributed by atoms with Gasteiger partial charge in [0.2, 0.25) is 0 Å². The van der Waals surface area contributed by atoms with Crippen molar-refractivity contribution in [2.24, 2.45) is 0 Å². The first-order chi connectivity index (χ1) is 15.1. The summed E-state index contributed by atoms with van der Waals surface area (Å²) in [6.07, 6.45) is 0. The van der Waals surface area contributed by atoms with Gasteiger partial charge in [0.05, 0.1) is 11.4 Å².